The molecule has 0 aliphatic heterocycles. The number of halogens is 1. The van der Waals surface area contributed by atoms with E-state index in [1.807, 2.05) is 6.07 Å². The zero-order valence-electron chi connectivity index (χ0n) is 19.4. The molecule has 0 amide bonds. The lowest BCUT2D eigenvalue weighted by Gasteiger charge is -2.29. The van der Waals surface area contributed by atoms with Crippen LogP contribution in [-0.4, -0.2) is 16.0 Å². The van der Waals surface area contributed by atoms with Crippen LogP contribution in [0, 0.1) is 0 Å². The molecule has 2 aromatic heterocycles. The molecule has 0 saturated carbocycles. The normalized spacial score (nSPS) is 11.6. The van der Waals surface area contributed by atoms with Crippen LogP contribution in [0.1, 0.15) is 56.5 Å². The molecule has 0 bridgehead atoms. The minimum absolute atomic E-state index is 0.255. The molecule has 0 saturated heterocycles. The fourth-order valence-electron chi connectivity index (χ4n) is 4.08. The van der Waals surface area contributed by atoms with E-state index in [1.165, 1.54) is 27.1 Å². The summed E-state index contributed by atoms with van der Waals surface area (Å²) in [5, 5.41) is 1.41. The van der Waals surface area contributed by atoms with Crippen molar-refractivity contribution in [2.24, 2.45) is 0 Å². The second-order valence-electron chi connectivity index (χ2n) is 8.73. The molecular formula is C27H30ClN3S. The molecule has 0 aliphatic rings. The van der Waals surface area contributed by atoms with E-state index in [-0.39, 0.29) is 6.04 Å². The summed E-state index contributed by atoms with van der Waals surface area (Å²) in [5.41, 5.74) is 5.05. The third kappa shape index (κ3) is 4.53. The highest BCUT2D eigenvalue weighted by molar-refractivity contribution is 7.19. The maximum Gasteiger partial charge on any atom is 0.225 e. The number of hydrogen-bond donors (Lipinski definition) is 0. The van der Waals surface area contributed by atoms with Crippen molar-refractivity contribution in [3.8, 4) is 11.1 Å². The molecule has 32 heavy (non-hydrogen) atoms. The van der Waals surface area contributed by atoms with Crippen LogP contribution in [0.15, 0.2) is 54.6 Å². The van der Waals surface area contributed by atoms with Gasteiger partial charge < -0.3 is 4.90 Å². The lowest BCUT2D eigenvalue weighted by atomic mass is 9.97. The lowest BCUT2D eigenvalue weighted by Crippen LogP contribution is -2.31. The van der Waals surface area contributed by atoms with E-state index in [1.54, 1.807) is 11.3 Å². The minimum atomic E-state index is 0.255. The van der Waals surface area contributed by atoms with Gasteiger partial charge in [0.25, 0.3) is 0 Å². The van der Waals surface area contributed by atoms with Crippen molar-refractivity contribution in [2.45, 2.75) is 59.5 Å². The summed E-state index contributed by atoms with van der Waals surface area (Å²) >= 11 is 8.17. The van der Waals surface area contributed by atoms with Crippen LogP contribution >= 0.6 is 22.9 Å². The second kappa shape index (κ2) is 9.60. The van der Waals surface area contributed by atoms with E-state index < -0.39 is 0 Å². The van der Waals surface area contributed by atoms with Crippen molar-refractivity contribution in [2.75, 3.05) is 4.90 Å². The first-order valence-electron chi connectivity index (χ1n) is 11.3. The molecule has 0 atom stereocenters. The Labute approximate surface area is 200 Å². The van der Waals surface area contributed by atoms with Gasteiger partial charge in [0.05, 0.1) is 5.39 Å². The van der Waals surface area contributed by atoms with E-state index in [9.17, 15) is 0 Å². The number of thiophene rings is 1. The van der Waals surface area contributed by atoms with Gasteiger partial charge in [-0.15, -0.1) is 11.3 Å². The third-order valence-electron chi connectivity index (χ3n) is 5.86. The Morgan fingerprint density at radius 1 is 0.938 bits per heavy atom. The van der Waals surface area contributed by atoms with Crippen LogP contribution in [0.5, 0.6) is 0 Å². The maximum atomic E-state index is 6.44. The van der Waals surface area contributed by atoms with Crippen molar-refractivity contribution in [3.05, 3.63) is 75.9 Å². The first-order chi connectivity index (χ1) is 15.4. The quantitative estimate of drug-likeness (QED) is 0.259. The minimum Gasteiger partial charge on any atom is -0.349 e. The maximum absolute atomic E-state index is 6.44. The van der Waals surface area contributed by atoms with Gasteiger partial charge in [0, 0.05) is 23.0 Å². The number of aromatic nitrogens is 2. The summed E-state index contributed by atoms with van der Waals surface area (Å²) in [5.74, 6) is 1.42. The van der Waals surface area contributed by atoms with E-state index in [2.05, 4.69) is 93.0 Å². The summed E-state index contributed by atoms with van der Waals surface area (Å²) in [7, 11) is 0. The van der Waals surface area contributed by atoms with Crippen LogP contribution < -0.4 is 4.90 Å². The van der Waals surface area contributed by atoms with Crippen LogP contribution in [-0.2, 0) is 13.0 Å². The first-order valence-corrected chi connectivity index (χ1v) is 12.5. The molecule has 0 unspecified atom stereocenters. The van der Waals surface area contributed by atoms with Gasteiger partial charge in [0.2, 0.25) is 5.28 Å². The number of nitrogens with zero attached hydrogens (tertiary/aromatic N) is 3. The van der Waals surface area contributed by atoms with Gasteiger partial charge >= 0.3 is 0 Å². The topological polar surface area (TPSA) is 29.0 Å². The molecule has 166 valence electrons. The van der Waals surface area contributed by atoms with Gasteiger partial charge in [-0.25, -0.2) is 4.98 Å². The summed E-state index contributed by atoms with van der Waals surface area (Å²) in [6.45, 7) is 11.8. The largest absolute Gasteiger partial charge is 0.349 e. The number of rotatable bonds is 7. The fourth-order valence-corrected chi connectivity index (χ4v) is 5.42. The van der Waals surface area contributed by atoms with E-state index >= 15 is 0 Å². The molecule has 2 aromatic carbocycles. The molecule has 0 radical (unpaired) electrons. The van der Waals surface area contributed by atoms with Crippen LogP contribution in [0.25, 0.3) is 21.3 Å². The highest BCUT2D eigenvalue weighted by atomic mass is 35.5. The smallest absolute Gasteiger partial charge is 0.225 e. The summed E-state index contributed by atoms with van der Waals surface area (Å²) in [6.07, 6.45) is 0.944. The Kier molecular flexibility index (Phi) is 6.82. The van der Waals surface area contributed by atoms with Gasteiger partial charge in [0.15, 0.2) is 0 Å². The van der Waals surface area contributed by atoms with Crippen LogP contribution in [0.3, 0.4) is 0 Å². The van der Waals surface area contributed by atoms with Gasteiger partial charge in [0.1, 0.15) is 10.6 Å². The Balaban J connectivity index is 1.93. The van der Waals surface area contributed by atoms with Gasteiger partial charge in [-0.1, -0.05) is 75.4 Å². The average molecular weight is 464 g/mol. The average Bonchev–Trinajstić information content (AvgIpc) is 3.16. The molecule has 0 fully saturated rings. The van der Waals surface area contributed by atoms with Crippen LogP contribution in [0.4, 0.5) is 5.82 Å². The molecule has 0 spiro atoms. The summed E-state index contributed by atoms with van der Waals surface area (Å²) in [6, 6.07) is 19.7. The predicted molar refractivity (Wildman–Crippen MR) is 139 cm³/mol. The SMILES string of the molecule is CCc1sc2nc(Cl)nc(N(Cc3ccccc3)C(C)C)c2c1-c1ccc(C(C)C)cc1. The highest BCUT2D eigenvalue weighted by Crippen LogP contribution is 2.43. The highest BCUT2D eigenvalue weighted by Gasteiger charge is 2.24. The lowest BCUT2D eigenvalue weighted by molar-refractivity contribution is 0.675. The van der Waals surface area contributed by atoms with Crippen molar-refractivity contribution in [3.63, 3.8) is 0 Å². The third-order valence-corrected chi connectivity index (χ3v) is 7.25. The van der Waals surface area contributed by atoms with Gasteiger partial charge in [-0.05, 0) is 54.5 Å². The first kappa shape index (κ1) is 22.8. The number of fused-ring (bicyclic) bond motifs is 1. The second-order valence-corrected chi connectivity index (χ2v) is 10.2. The summed E-state index contributed by atoms with van der Waals surface area (Å²) < 4.78 is 0. The van der Waals surface area contributed by atoms with Crippen molar-refractivity contribution in [1.29, 1.82) is 0 Å². The van der Waals surface area contributed by atoms with Crippen molar-refractivity contribution < 1.29 is 0 Å². The number of benzene rings is 2. The summed E-state index contributed by atoms with van der Waals surface area (Å²) in [4.78, 5) is 14.0. The molecular weight excluding hydrogens is 434 g/mol. The predicted octanol–water partition coefficient (Wildman–Crippen LogP) is 8.11. The molecule has 2 heterocycles. The van der Waals surface area contributed by atoms with E-state index in [0.29, 0.717) is 11.2 Å². The number of aryl methyl sites for hydroxylation is 1. The Bertz CT molecular complexity index is 1200. The molecule has 3 nitrogen and oxygen atoms in total. The van der Waals surface area contributed by atoms with E-state index in [4.69, 9.17) is 16.6 Å². The standard InChI is InChI=1S/C27H30ClN3S/c1-6-22-23(21-14-12-20(13-15-21)17(2)3)24-25(29-27(28)30-26(24)32-22)31(18(4)5)16-19-10-8-7-9-11-19/h7-15,17-18H,6,16H2,1-5H3. The zero-order chi connectivity index (χ0) is 22.8. The Morgan fingerprint density at radius 2 is 1.62 bits per heavy atom. The van der Waals surface area contributed by atoms with Crippen molar-refractivity contribution >= 4 is 39.0 Å². The molecule has 4 aromatic rings. The molecule has 4 rings (SSSR count). The number of anilines is 1. The zero-order valence-corrected chi connectivity index (χ0v) is 21.0. The monoisotopic (exact) mass is 463 g/mol. The molecule has 5 heteroatoms. The van der Waals surface area contributed by atoms with Gasteiger partial charge in [-0.2, -0.15) is 4.98 Å². The molecule has 0 N–H and O–H groups in total. The van der Waals surface area contributed by atoms with E-state index in [0.717, 1.165) is 29.0 Å². The Hall–Kier alpha value is -2.43. The number of hydrogen-bond acceptors (Lipinski definition) is 4. The van der Waals surface area contributed by atoms with Gasteiger partial charge in [-0.3, -0.25) is 0 Å². The molecule has 0 aliphatic carbocycles. The van der Waals surface area contributed by atoms with Crippen LogP contribution in [0.2, 0.25) is 5.28 Å². The fraction of sp³-hybridized carbons (Fsp3) is 0.333. The van der Waals surface area contributed by atoms with Crippen molar-refractivity contribution in [1.82, 2.24) is 9.97 Å². The Morgan fingerprint density at radius 3 is 2.22 bits per heavy atom.